The van der Waals surface area contributed by atoms with Gasteiger partial charge in [-0.25, -0.2) is 4.39 Å². The van der Waals surface area contributed by atoms with Crippen molar-refractivity contribution in [2.75, 3.05) is 19.7 Å². The second-order valence-electron chi connectivity index (χ2n) is 9.89. The zero-order valence-corrected chi connectivity index (χ0v) is 20.4. The van der Waals surface area contributed by atoms with E-state index in [2.05, 4.69) is 18.7 Å². The van der Waals surface area contributed by atoms with Gasteiger partial charge in [0.2, 0.25) is 0 Å². The van der Waals surface area contributed by atoms with E-state index >= 15 is 0 Å². The first-order valence-corrected chi connectivity index (χ1v) is 12.3. The van der Waals surface area contributed by atoms with Gasteiger partial charge in [-0.1, -0.05) is 31.2 Å². The van der Waals surface area contributed by atoms with Crippen LogP contribution in [-0.4, -0.2) is 46.6 Å². The molecule has 0 aliphatic carbocycles. The first-order chi connectivity index (χ1) is 17.3. The van der Waals surface area contributed by atoms with Gasteiger partial charge >= 0.3 is 0 Å². The highest BCUT2D eigenvalue weighted by Crippen LogP contribution is 2.46. The van der Waals surface area contributed by atoms with E-state index in [-0.39, 0.29) is 22.8 Å². The van der Waals surface area contributed by atoms with Crippen LogP contribution in [0.25, 0.3) is 0 Å². The number of carbonyl (C=O) groups excluding carboxylic acids is 1. The summed E-state index contributed by atoms with van der Waals surface area (Å²) >= 11 is 0. The molecule has 1 fully saturated rings. The summed E-state index contributed by atoms with van der Waals surface area (Å²) in [5.74, 6) is -0.924. The highest BCUT2D eigenvalue weighted by Gasteiger charge is 2.41. The third kappa shape index (κ3) is 4.75. The van der Waals surface area contributed by atoms with E-state index in [0.29, 0.717) is 35.4 Å². The third-order valence-corrected chi connectivity index (χ3v) is 7.16. The fourth-order valence-electron chi connectivity index (χ4n) is 5.11. The minimum Gasteiger partial charge on any atom is -0.508 e. The summed E-state index contributed by atoms with van der Waals surface area (Å²) in [4.78, 5) is 16.0. The molecule has 0 spiro atoms. The summed E-state index contributed by atoms with van der Waals surface area (Å²) in [5.41, 5.74) is 1.12. The molecule has 5 rings (SSSR count). The van der Waals surface area contributed by atoms with E-state index in [4.69, 9.17) is 9.47 Å². The smallest absolute Gasteiger partial charge is 0.181 e. The number of fused-ring (bicyclic) bond motifs is 1. The van der Waals surface area contributed by atoms with Crippen LogP contribution in [0.1, 0.15) is 53.8 Å². The molecule has 36 heavy (non-hydrogen) atoms. The summed E-state index contributed by atoms with van der Waals surface area (Å²) in [7, 11) is 0. The molecule has 0 aromatic heterocycles. The Bertz CT molecular complexity index is 1240. The number of ketones is 1. The average molecular weight is 492 g/mol. The third-order valence-electron chi connectivity index (χ3n) is 7.16. The van der Waals surface area contributed by atoms with Gasteiger partial charge in [0.25, 0.3) is 0 Å². The molecule has 3 aromatic rings. The first-order valence-electron chi connectivity index (χ1n) is 12.3. The number of phenols is 2. The zero-order valence-electron chi connectivity index (χ0n) is 20.4. The van der Waals surface area contributed by atoms with Crippen LogP contribution in [0.5, 0.6) is 23.0 Å². The number of aromatic hydroxyl groups is 2. The molecule has 2 aliphatic rings. The number of carbonyl (C=O) groups is 1. The predicted molar refractivity (Wildman–Crippen MR) is 133 cm³/mol. The van der Waals surface area contributed by atoms with Gasteiger partial charge in [0.1, 0.15) is 41.5 Å². The monoisotopic (exact) mass is 491 g/mol. The van der Waals surface area contributed by atoms with Crippen molar-refractivity contribution in [3.05, 3.63) is 83.2 Å². The maximum atomic E-state index is 14.7. The number of halogens is 1. The Morgan fingerprint density at radius 1 is 1.06 bits per heavy atom. The fraction of sp³-hybridized carbons (Fsp3) is 0.345. The molecule has 2 N–H and O–H groups in total. The Kier molecular flexibility index (Phi) is 6.58. The van der Waals surface area contributed by atoms with E-state index in [0.717, 1.165) is 19.2 Å². The lowest BCUT2D eigenvalue weighted by Gasteiger charge is -2.33. The Morgan fingerprint density at radius 3 is 2.42 bits per heavy atom. The van der Waals surface area contributed by atoms with E-state index in [1.807, 2.05) is 24.3 Å². The number of phenolic OH excluding ortho intramolecular Hbond substituents is 2. The van der Waals surface area contributed by atoms with Crippen molar-refractivity contribution >= 4 is 5.78 Å². The lowest BCUT2D eigenvalue weighted by Crippen LogP contribution is -2.35. The van der Waals surface area contributed by atoms with Gasteiger partial charge in [-0.3, -0.25) is 9.69 Å². The quantitative estimate of drug-likeness (QED) is 0.478. The molecule has 0 saturated carbocycles. The van der Waals surface area contributed by atoms with E-state index in [9.17, 15) is 19.4 Å². The van der Waals surface area contributed by atoms with Crippen molar-refractivity contribution in [3.8, 4) is 23.0 Å². The van der Waals surface area contributed by atoms with Crippen LogP contribution in [0.4, 0.5) is 4.39 Å². The summed E-state index contributed by atoms with van der Waals surface area (Å²) in [6.45, 7) is 7.19. The lowest BCUT2D eigenvalue weighted by atomic mass is 9.81. The van der Waals surface area contributed by atoms with E-state index in [1.54, 1.807) is 12.1 Å². The maximum absolute atomic E-state index is 14.7. The van der Waals surface area contributed by atoms with Crippen molar-refractivity contribution in [2.24, 2.45) is 5.92 Å². The molecule has 6 nitrogen and oxygen atoms in total. The van der Waals surface area contributed by atoms with Crippen LogP contribution in [0.3, 0.4) is 0 Å². The van der Waals surface area contributed by atoms with Crippen LogP contribution >= 0.6 is 0 Å². The Balaban J connectivity index is 1.40. The van der Waals surface area contributed by atoms with Crippen LogP contribution in [0.15, 0.2) is 60.7 Å². The molecule has 7 heteroatoms. The number of Topliss-reactive ketones (excluding diaryl/α,β-unsaturated/α-hetero) is 1. The number of rotatable bonds is 6. The molecule has 1 saturated heterocycles. The Hall–Kier alpha value is -3.58. The van der Waals surface area contributed by atoms with Gasteiger partial charge in [0.05, 0.1) is 11.5 Å². The van der Waals surface area contributed by atoms with E-state index in [1.165, 1.54) is 24.6 Å². The van der Waals surface area contributed by atoms with Gasteiger partial charge < -0.3 is 19.7 Å². The molecule has 188 valence electrons. The first kappa shape index (κ1) is 24.1. The minimum absolute atomic E-state index is 0.00604. The lowest BCUT2D eigenvalue weighted by molar-refractivity contribution is 0.0773. The molecular weight excluding hydrogens is 461 g/mol. The van der Waals surface area contributed by atoms with E-state index < -0.39 is 23.6 Å². The average Bonchev–Trinajstić information content (AvgIpc) is 3.29. The predicted octanol–water partition coefficient (Wildman–Crippen LogP) is 5.45. The van der Waals surface area contributed by atoms with Crippen molar-refractivity contribution in [1.29, 1.82) is 0 Å². The SMILES string of the molecule is C[C@@H]1CCN([C@@H](C)COc2ccc(C3Oc4cc(O)cc(F)c4C(=O)C3c3ccc(O)cc3)cc2)C1. The molecule has 3 aromatic carbocycles. The number of hydrogen-bond donors (Lipinski definition) is 2. The highest BCUT2D eigenvalue weighted by atomic mass is 19.1. The highest BCUT2D eigenvalue weighted by molar-refractivity contribution is 6.05. The number of benzene rings is 3. The maximum Gasteiger partial charge on any atom is 0.181 e. The van der Waals surface area contributed by atoms with Crippen LogP contribution in [0, 0.1) is 11.7 Å². The van der Waals surface area contributed by atoms with Gasteiger partial charge in [-0.2, -0.15) is 0 Å². The number of ether oxygens (including phenoxy) is 2. The molecule has 2 aliphatic heterocycles. The van der Waals surface area contributed by atoms with Crippen molar-refractivity contribution in [3.63, 3.8) is 0 Å². The van der Waals surface area contributed by atoms with Crippen LogP contribution in [-0.2, 0) is 0 Å². The Labute approximate surface area is 209 Å². The van der Waals surface area contributed by atoms with Gasteiger partial charge in [-0.15, -0.1) is 0 Å². The number of nitrogens with zero attached hydrogens (tertiary/aromatic N) is 1. The molecule has 2 unspecified atom stereocenters. The second-order valence-corrected chi connectivity index (χ2v) is 9.89. The second kappa shape index (κ2) is 9.82. The van der Waals surface area contributed by atoms with Gasteiger partial charge in [-0.05, 0) is 61.2 Å². The van der Waals surface area contributed by atoms with Crippen LogP contribution < -0.4 is 9.47 Å². The molecule has 4 atom stereocenters. The Morgan fingerprint density at radius 2 is 1.75 bits per heavy atom. The van der Waals surface area contributed by atoms with Gasteiger partial charge in [0, 0.05) is 24.7 Å². The standard InChI is InChI=1S/C29H30FNO5/c1-17-11-12-31(15-17)18(2)16-35-23-9-5-20(6-10-23)29-26(19-3-7-21(32)8-4-19)28(34)27-24(30)13-22(33)14-25(27)36-29/h3-10,13-14,17-18,26,29,32-33H,11-12,15-16H2,1-2H3/t17-,18+,26?,29?/m1/s1. The largest absolute Gasteiger partial charge is 0.508 e. The minimum atomic E-state index is -0.832. The molecule has 0 amide bonds. The molecular formula is C29H30FNO5. The fourth-order valence-corrected chi connectivity index (χ4v) is 5.11. The molecule has 0 bridgehead atoms. The normalized spacial score (nSPS) is 22.6. The van der Waals surface area contributed by atoms with Gasteiger partial charge in [0.15, 0.2) is 5.78 Å². The number of hydrogen-bond acceptors (Lipinski definition) is 6. The van der Waals surface area contributed by atoms with Crippen LogP contribution in [0.2, 0.25) is 0 Å². The topological polar surface area (TPSA) is 79.2 Å². The summed E-state index contributed by atoms with van der Waals surface area (Å²) in [5, 5.41) is 19.6. The number of likely N-dealkylation sites (tertiary alicyclic amines) is 1. The summed E-state index contributed by atoms with van der Waals surface area (Å²) in [6, 6.07) is 16.1. The molecule has 0 radical (unpaired) electrons. The zero-order chi connectivity index (χ0) is 25.4. The van der Waals surface area contributed by atoms with Crippen molar-refractivity contribution < 1.29 is 28.9 Å². The van der Waals surface area contributed by atoms with Crippen molar-refractivity contribution in [2.45, 2.75) is 38.3 Å². The summed E-state index contributed by atoms with van der Waals surface area (Å²) < 4.78 is 26.8. The van der Waals surface area contributed by atoms with Crippen molar-refractivity contribution in [1.82, 2.24) is 4.90 Å². The summed E-state index contributed by atoms with van der Waals surface area (Å²) in [6.07, 6.45) is 0.460. The molecule has 2 heterocycles.